The molecule has 4 heteroatoms. The van der Waals surface area contributed by atoms with Gasteiger partial charge in [0.05, 0.1) is 5.69 Å². The summed E-state index contributed by atoms with van der Waals surface area (Å²) in [6.07, 6.45) is 2.17. The van der Waals surface area contributed by atoms with Gasteiger partial charge in [0.25, 0.3) is 0 Å². The fourth-order valence-electron chi connectivity index (χ4n) is 2.34. The molecule has 0 spiro atoms. The van der Waals surface area contributed by atoms with E-state index in [1.165, 1.54) is 6.07 Å². The summed E-state index contributed by atoms with van der Waals surface area (Å²) >= 11 is 3.39. The summed E-state index contributed by atoms with van der Waals surface area (Å²) in [5.41, 5.74) is 0.717. The first kappa shape index (κ1) is 12.8. The van der Waals surface area contributed by atoms with Crippen molar-refractivity contribution >= 4 is 21.6 Å². The molecule has 94 valence electrons. The number of anilines is 1. The average Bonchev–Trinajstić information content (AvgIpc) is 2.34. The van der Waals surface area contributed by atoms with E-state index in [2.05, 4.69) is 33.1 Å². The summed E-state index contributed by atoms with van der Waals surface area (Å²) in [6, 6.07) is 5.72. The standard InChI is InChI=1S/C13H18BrFN2/c1-2-16-11-5-7-17(8-6-11)13-9-10(14)3-4-12(13)15/h3-4,9,11,16H,2,5-8H2,1H3. The fourth-order valence-corrected chi connectivity index (χ4v) is 2.69. The van der Waals surface area contributed by atoms with Crippen molar-refractivity contribution < 1.29 is 4.39 Å². The molecule has 1 heterocycles. The molecule has 17 heavy (non-hydrogen) atoms. The summed E-state index contributed by atoms with van der Waals surface area (Å²) in [6.45, 7) is 4.98. The first-order valence-electron chi connectivity index (χ1n) is 6.14. The highest BCUT2D eigenvalue weighted by molar-refractivity contribution is 9.10. The number of hydrogen-bond acceptors (Lipinski definition) is 2. The Balaban J connectivity index is 2.02. The zero-order valence-corrected chi connectivity index (χ0v) is 11.6. The normalized spacial score (nSPS) is 17.5. The molecule has 1 saturated heterocycles. The monoisotopic (exact) mass is 300 g/mol. The Morgan fingerprint density at radius 2 is 2.12 bits per heavy atom. The Bertz CT molecular complexity index is 376. The lowest BCUT2D eigenvalue weighted by Crippen LogP contribution is -2.42. The molecule has 1 N–H and O–H groups in total. The molecule has 1 aromatic carbocycles. The van der Waals surface area contributed by atoms with Crippen LogP contribution in [0.15, 0.2) is 22.7 Å². The summed E-state index contributed by atoms with van der Waals surface area (Å²) in [7, 11) is 0. The van der Waals surface area contributed by atoms with E-state index in [1.54, 1.807) is 6.07 Å². The van der Waals surface area contributed by atoms with Gasteiger partial charge < -0.3 is 10.2 Å². The van der Waals surface area contributed by atoms with E-state index in [1.807, 2.05) is 6.07 Å². The third kappa shape index (κ3) is 3.19. The van der Waals surface area contributed by atoms with Gasteiger partial charge in [0.1, 0.15) is 5.82 Å². The van der Waals surface area contributed by atoms with Crippen LogP contribution < -0.4 is 10.2 Å². The van der Waals surface area contributed by atoms with E-state index in [0.29, 0.717) is 11.7 Å². The zero-order chi connectivity index (χ0) is 12.3. The van der Waals surface area contributed by atoms with Gasteiger partial charge in [0.2, 0.25) is 0 Å². The largest absolute Gasteiger partial charge is 0.369 e. The Labute approximate surface area is 110 Å². The van der Waals surface area contributed by atoms with E-state index in [4.69, 9.17) is 0 Å². The van der Waals surface area contributed by atoms with Crippen LogP contribution >= 0.6 is 15.9 Å². The molecule has 0 bridgehead atoms. The van der Waals surface area contributed by atoms with Crippen LogP contribution in [0.1, 0.15) is 19.8 Å². The van der Waals surface area contributed by atoms with Crippen molar-refractivity contribution in [2.24, 2.45) is 0 Å². The van der Waals surface area contributed by atoms with Crippen LogP contribution in [0.5, 0.6) is 0 Å². The second-order valence-electron chi connectivity index (χ2n) is 4.41. The maximum absolute atomic E-state index is 13.7. The average molecular weight is 301 g/mol. The summed E-state index contributed by atoms with van der Waals surface area (Å²) in [5, 5.41) is 3.45. The van der Waals surface area contributed by atoms with Gasteiger partial charge in [-0.2, -0.15) is 0 Å². The van der Waals surface area contributed by atoms with Gasteiger partial charge in [0, 0.05) is 23.6 Å². The number of nitrogens with zero attached hydrogens (tertiary/aromatic N) is 1. The minimum absolute atomic E-state index is 0.130. The maximum atomic E-state index is 13.7. The number of rotatable bonds is 3. The molecular formula is C13H18BrFN2. The zero-order valence-electron chi connectivity index (χ0n) is 10.0. The topological polar surface area (TPSA) is 15.3 Å². The smallest absolute Gasteiger partial charge is 0.146 e. The van der Waals surface area contributed by atoms with Gasteiger partial charge in [-0.05, 0) is 37.6 Å². The first-order valence-corrected chi connectivity index (χ1v) is 6.93. The van der Waals surface area contributed by atoms with E-state index in [0.717, 1.165) is 36.9 Å². The van der Waals surface area contributed by atoms with Crippen LogP contribution in [0.4, 0.5) is 10.1 Å². The van der Waals surface area contributed by atoms with Crippen molar-refractivity contribution in [1.29, 1.82) is 0 Å². The number of nitrogens with one attached hydrogen (secondary N) is 1. The molecule has 1 aliphatic rings. The molecule has 0 radical (unpaired) electrons. The van der Waals surface area contributed by atoms with Gasteiger partial charge in [-0.25, -0.2) is 4.39 Å². The van der Waals surface area contributed by atoms with Crippen LogP contribution in [0.25, 0.3) is 0 Å². The van der Waals surface area contributed by atoms with Gasteiger partial charge >= 0.3 is 0 Å². The highest BCUT2D eigenvalue weighted by atomic mass is 79.9. The number of hydrogen-bond donors (Lipinski definition) is 1. The molecular weight excluding hydrogens is 283 g/mol. The number of halogens is 2. The van der Waals surface area contributed by atoms with E-state index in [-0.39, 0.29) is 5.82 Å². The van der Waals surface area contributed by atoms with Crippen LogP contribution in [0.2, 0.25) is 0 Å². The second-order valence-corrected chi connectivity index (χ2v) is 5.33. The first-order chi connectivity index (χ1) is 8.20. The maximum Gasteiger partial charge on any atom is 0.146 e. The molecule has 0 aliphatic carbocycles. The predicted octanol–water partition coefficient (Wildman–Crippen LogP) is 3.17. The molecule has 0 atom stereocenters. The molecule has 1 aliphatic heterocycles. The minimum atomic E-state index is -0.130. The molecule has 0 amide bonds. The van der Waals surface area contributed by atoms with E-state index in [9.17, 15) is 4.39 Å². The van der Waals surface area contributed by atoms with Crippen LogP contribution in [-0.4, -0.2) is 25.7 Å². The van der Waals surface area contributed by atoms with E-state index < -0.39 is 0 Å². The molecule has 2 nitrogen and oxygen atoms in total. The van der Waals surface area contributed by atoms with E-state index >= 15 is 0 Å². The lowest BCUT2D eigenvalue weighted by molar-refractivity contribution is 0.421. The van der Waals surface area contributed by atoms with Crippen LogP contribution in [-0.2, 0) is 0 Å². The van der Waals surface area contributed by atoms with Crippen molar-refractivity contribution in [3.8, 4) is 0 Å². The molecule has 0 unspecified atom stereocenters. The minimum Gasteiger partial charge on any atom is -0.369 e. The lowest BCUT2D eigenvalue weighted by Gasteiger charge is -2.34. The van der Waals surface area contributed by atoms with Gasteiger partial charge in [-0.15, -0.1) is 0 Å². The van der Waals surface area contributed by atoms with Gasteiger partial charge in [0.15, 0.2) is 0 Å². The highest BCUT2D eigenvalue weighted by Gasteiger charge is 2.20. The Hall–Kier alpha value is -0.610. The van der Waals surface area contributed by atoms with Crippen LogP contribution in [0.3, 0.4) is 0 Å². The Morgan fingerprint density at radius 1 is 1.41 bits per heavy atom. The quantitative estimate of drug-likeness (QED) is 0.922. The summed E-state index contributed by atoms with van der Waals surface area (Å²) in [4.78, 5) is 2.13. The SMILES string of the molecule is CCNC1CCN(c2cc(Br)ccc2F)CC1. The molecule has 0 aromatic heterocycles. The van der Waals surface area contributed by atoms with Crippen molar-refractivity contribution in [3.63, 3.8) is 0 Å². The van der Waals surface area contributed by atoms with Crippen molar-refractivity contribution in [1.82, 2.24) is 5.32 Å². The number of piperidine rings is 1. The van der Waals surface area contributed by atoms with Crippen molar-refractivity contribution in [2.75, 3.05) is 24.5 Å². The Morgan fingerprint density at radius 3 is 2.76 bits per heavy atom. The number of benzene rings is 1. The Kier molecular flexibility index (Phi) is 4.40. The third-order valence-electron chi connectivity index (χ3n) is 3.24. The van der Waals surface area contributed by atoms with Gasteiger partial charge in [-0.1, -0.05) is 22.9 Å². The third-order valence-corrected chi connectivity index (χ3v) is 3.73. The summed E-state index contributed by atoms with van der Waals surface area (Å²) < 4.78 is 14.7. The molecule has 1 fully saturated rings. The highest BCUT2D eigenvalue weighted by Crippen LogP contribution is 2.26. The fraction of sp³-hybridized carbons (Fsp3) is 0.538. The second kappa shape index (κ2) is 5.83. The molecule has 1 aromatic rings. The molecule has 0 saturated carbocycles. The molecule has 2 rings (SSSR count). The van der Waals surface area contributed by atoms with Crippen molar-refractivity contribution in [3.05, 3.63) is 28.5 Å². The van der Waals surface area contributed by atoms with Crippen LogP contribution in [0, 0.1) is 5.82 Å². The predicted molar refractivity (Wildman–Crippen MR) is 73.0 cm³/mol. The van der Waals surface area contributed by atoms with Gasteiger partial charge in [-0.3, -0.25) is 0 Å². The lowest BCUT2D eigenvalue weighted by atomic mass is 10.0. The summed E-state index contributed by atoms with van der Waals surface area (Å²) in [5.74, 6) is -0.130. The van der Waals surface area contributed by atoms with Crippen molar-refractivity contribution in [2.45, 2.75) is 25.8 Å².